The highest BCUT2D eigenvalue weighted by Gasteiger charge is 2.41. The minimum Gasteiger partial charge on any atom is -0.326 e. The first kappa shape index (κ1) is 11.4. The van der Waals surface area contributed by atoms with Gasteiger partial charge in [0.15, 0.2) is 0 Å². The van der Waals surface area contributed by atoms with E-state index in [-0.39, 0.29) is 0 Å². The van der Waals surface area contributed by atoms with Gasteiger partial charge in [0, 0.05) is 24.7 Å². The molecule has 2 nitrogen and oxygen atoms in total. The molecule has 4 atom stereocenters. The predicted octanol–water partition coefficient (Wildman–Crippen LogP) is 2.38. The summed E-state index contributed by atoms with van der Waals surface area (Å²) in [6.45, 7) is 5.87. The van der Waals surface area contributed by atoms with Crippen molar-refractivity contribution in [2.45, 2.75) is 70.5 Å². The molecular weight excluding hydrogens is 184 g/mol. The fourth-order valence-electron chi connectivity index (χ4n) is 3.68. The topological polar surface area (TPSA) is 29.3 Å². The molecule has 1 saturated heterocycles. The highest BCUT2D eigenvalue weighted by molar-refractivity contribution is 4.97. The van der Waals surface area contributed by atoms with Gasteiger partial charge in [-0.1, -0.05) is 20.3 Å². The van der Waals surface area contributed by atoms with E-state index in [0.29, 0.717) is 12.1 Å². The summed E-state index contributed by atoms with van der Waals surface area (Å²) < 4.78 is 0. The zero-order chi connectivity index (χ0) is 10.8. The van der Waals surface area contributed by atoms with Crippen LogP contribution in [-0.2, 0) is 0 Å². The molecule has 0 aromatic heterocycles. The van der Waals surface area contributed by atoms with Crippen molar-refractivity contribution in [3.63, 3.8) is 0 Å². The quantitative estimate of drug-likeness (QED) is 0.755. The number of fused-ring (bicyclic) bond motifs is 2. The second-order valence-corrected chi connectivity index (χ2v) is 5.46. The summed E-state index contributed by atoms with van der Waals surface area (Å²) >= 11 is 0. The summed E-state index contributed by atoms with van der Waals surface area (Å²) in [4.78, 5) is 2.73. The van der Waals surface area contributed by atoms with E-state index in [4.69, 9.17) is 5.73 Å². The van der Waals surface area contributed by atoms with Gasteiger partial charge in [-0.3, -0.25) is 4.90 Å². The van der Waals surface area contributed by atoms with Crippen LogP contribution in [0.4, 0.5) is 0 Å². The zero-order valence-corrected chi connectivity index (χ0v) is 10.3. The Morgan fingerprint density at radius 3 is 2.60 bits per heavy atom. The lowest BCUT2D eigenvalue weighted by Gasteiger charge is -2.37. The molecule has 0 spiro atoms. The van der Waals surface area contributed by atoms with Crippen LogP contribution in [0.1, 0.15) is 52.4 Å². The van der Waals surface area contributed by atoms with E-state index >= 15 is 0 Å². The van der Waals surface area contributed by atoms with E-state index in [9.17, 15) is 0 Å². The van der Waals surface area contributed by atoms with Crippen LogP contribution >= 0.6 is 0 Å². The van der Waals surface area contributed by atoms with Crippen molar-refractivity contribution in [1.82, 2.24) is 4.90 Å². The fourth-order valence-corrected chi connectivity index (χ4v) is 3.68. The van der Waals surface area contributed by atoms with E-state index in [1.54, 1.807) is 0 Å². The number of nitrogens with zero attached hydrogens (tertiary/aromatic N) is 1. The summed E-state index contributed by atoms with van der Waals surface area (Å²) in [5.41, 5.74) is 6.31. The van der Waals surface area contributed by atoms with Gasteiger partial charge in [-0.25, -0.2) is 0 Å². The van der Waals surface area contributed by atoms with E-state index in [0.717, 1.165) is 12.0 Å². The number of hydrogen-bond acceptors (Lipinski definition) is 2. The Balaban J connectivity index is 1.94. The summed E-state index contributed by atoms with van der Waals surface area (Å²) in [6, 6.07) is 1.93. The summed E-state index contributed by atoms with van der Waals surface area (Å²) in [5, 5.41) is 0. The Morgan fingerprint density at radius 2 is 2.13 bits per heavy atom. The van der Waals surface area contributed by atoms with Gasteiger partial charge >= 0.3 is 0 Å². The van der Waals surface area contributed by atoms with Crippen LogP contribution in [0.25, 0.3) is 0 Å². The lowest BCUT2D eigenvalue weighted by Crippen LogP contribution is -2.50. The molecule has 0 aromatic carbocycles. The van der Waals surface area contributed by atoms with Crippen molar-refractivity contribution in [1.29, 1.82) is 0 Å². The standard InChI is InChI=1S/C13H26N2/c1-3-5-12(14)13(4-2)15-9-10-6-7-11(15)8-10/h10-13H,3-9,14H2,1-2H3. The first-order valence-electron chi connectivity index (χ1n) is 6.77. The molecule has 1 aliphatic heterocycles. The average molecular weight is 210 g/mol. The van der Waals surface area contributed by atoms with Crippen LogP contribution < -0.4 is 5.73 Å². The van der Waals surface area contributed by atoms with E-state index in [1.165, 1.54) is 45.1 Å². The third-order valence-electron chi connectivity index (χ3n) is 4.41. The monoisotopic (exact) mass is 210 g/mol. The molecule has 1 saturated carbocycles. The Morgan fingerprint density at radius 1 is 1.33 bits per heavy atom. The third-order valence-corrected chi connectivity index (χ3v) is 4.41. The van der Waals surface area contributed by atoms with Crippen LogP contribution in [-0.4, -0.2) is 29.6 Å². The van der Waals surface area contributed by atoms with Gasteiger partial charge in [-0.05, 0) is 38.0 Å². The summed E-state index contributed by atoms with van der Waals surface area (Å²) in [5.74, 6) is 0.998. The average Bonchev–Trinajstić information content (AvgIpc) is 2.81. The number of hydrogen-bond donors (Lipinski definition) is 1. The van der Waals surface area contributed by atoms with Gasteiger partial charge < -0.3 is 5.73 Å². The van der Waals surface area contributed by atoms with Gasteiger partial charge in [0.25, 0.3) is 0 Å². The van der Waals surface area contributed by atoms with E-state index in [2.05, 4.69) is 18.7 Å². The van der Waals surface area contributed by atoms with Gasteiger partial charge in [0.05, 0.1) is 0 Å². The molecule has 0 aromatic rings. The van der Waals surface area contributed by atoms with Crippen molar-refractivity contribution >= 4 is 0 Å². The van der Waals surface area contributed by atoms with Crippen molar-refractivity contribution in [3.05, 3.63) is 0 Å². The predicted molar refractivity (Wildman–Crippen MR) is 64.8 cm³/mol. The van der Waals surface area contributed by atoms with Gasteiger partial charge in [0.2, 0.25) is 0 Å². The smallest absolute Gasteiger partial charge is 0.0247 e. The molecule has 2 bridgehead atoms. The Hall–Kier alpha value is -0.0800. The molecule has 2 N–H and O–H groups in total. The third kappa shape index (κ3) is 2.21. The molecule has 15 heavy (non-hydrogen) atoms. The minimum absolute atomic E-state index is 0.402. The zero-order valence-electron chi connectivity index (χ0n) is 10.3. The molecule has 1 aliphatic carbocycles. The van der Waals surface area contributed by atoms with Crippen molar-refractivity contribution in [2.75, 3.05) is 6.54 Å². The van der Waals surface area contributed by atoms with Crippen molar-refractivity contribution in [2.24, 2.45) is 11.7 Å². The number of rotatable bonds is 5. The van der Waals surface area contributed by atoms with Gasteiger partial charge in [0.1, 0.15) is 0 Å². The number of piperidine rings is 1. The highest BCUT2D eigenvalue weighted by atomic mass is 15.2. The largest absolute Gasteiger partial charge is 0.326 e. The molecule has 4 unspecified atom stereocenters. The number of nitrogens with two attached hydrogens (primary N) is 1. The maximum Gasteiger partial charge on any atom is 0.0247 e. The van der Waals surface area contributed by atoms with Crippen LogP contribution in [0.5, 0.6) is 0 Å². The van der Waals surface area contributed by atoms with Gasteiger partial charge in [-0.15, -0.1) is 0 Å². The van der Waals surface area contributed by atoms with Crippen molar-refractivity contribution < 1.29 is 0 Å². The van der Waals surface area contributed by atoms with Crippen molar-refractivity contribution in [3.8, 4) is 0 Å². The summed E-state index contributed by atoms with van der Waals surface area (Å²) in [6.07, 6.45) is 7.99. The highest BCUT2D eigenvalue weighted by Crippen LogP contribution is 2.39. The van der Waals surface area contributed by atoms with E-state index < -0.39 is 0 Å². The maximum absolute atomic E-state index is 6.31. The molecule has 1 heterocycles. The van der Waals surface area contributed by atoms with Crippen LogP contribution in [0.2, 0.25) is 0 Å². The normalized spacial score (nSPS) is 34.6. The lowest BCUT2D eigenvalue weighted by molar-refractivity contribution is 0.122. The SMILES string of the molecule is CCCC(N)C(CC)N1CC2CCC1C2. The second-order valence-electron chi connectivity index (χ2n) is 5.46. The fraction of sp³-hybridized carbons (Fsp3) is 1.00. The van der Waals surface area contributed by atoms with Crippen LogP contribution in [0, 0.1) is 5.92 Å². The first-order chi connectivity index (χ1) is 7.26. The molecule has 0 radical (unpaired) electrons. The summed E-state index contributed by atoms with van der Waals surface area (Å²) in [7, 11) is 0. The molecule has 88 valence electrons. The van der Waals surface area contributed by atoms with Crippen LogP contribution in [0.3, 0.4) is 0 Å². The Kier molecular flexibility index (Phi) is 3.68. The molecular formula is C13H26N2. The van der Waals surface area contributed by atoms with Gasteiger partial charge in [-0.2, -0.15) is 0 Å². The molecule has 2 aliphatic rings. The van der Waals surface area contributed by atoms with E-state index in [1.807, 2.05) is 0 Å². The Labute approximate surface area is 94.2 Å². The second kappa shape index (κ2) is 4.84. The lowest BCUT2D eigenvalue weighted by atomic mass is 9.98. The first-order valence-corrected chi connectivity index (χ1v) is 6.77. The molecule has 0 amide bonds. The Bertz CT molecular complexity index is 205. The van der Waals surface area contributed by atoms with Crippen LogP contribution in [0.15, 0.2) is 0 Å². The maximum atomic E-state index is 6.31. The minimum atomic E-state index is 0.402. The molecule has 2 fully saturated rings. The molecule has 2 heteroatoms. The molecule has 2 rings (SSSR count). The number of likely N-dealkylation sites (tertiary alicyclic amines) is 1.